The predicted octanol–water partition coefficient (Wildman–Crippen LogP) is 3.88. The van der Waals surface area contributed by atoms with Crippen molar-refractivity contribution in [3.8, 4) is 0 Å². The molecule has 1 aromatic rings. The standard InChI is InChI=1S/C17H28N4OS/c1-17(2,3)18-16(22)21-10-6-9-13(11-21)15-20-19-14(23-15)12-7-4-5-8-12/h12-13H,4-11H2,1-3H3,(H,18,22). The van der Waals surface area contributed by atoms with Gasteiger partial charge in [0.15, 0.2) is 0 Å². The van der Waals surface area contributed by atoms with E-state index in [-0.39, 0.29) is 11.6 Å². The second-order valence-electron chi connectivity index (χ2n) is 7.93. The van der Waals surface area contributed by atoms with Crippen LogP contribution < -0.4 is 5.32 Å². The van der Waals surface area contributed by atoms with Crippen molar-refractivity contribution in [3.63, 3.8) is 0 Å². The Hall–Kier alpha value is -1.17. The summed E-state index contributed by atoms with van der Waals surface area (Å²) in [5, 5.41) is 14.3. The number of hydrogen-bond donors (Lipinski definition) is 1. The van der Waals surface area contributed by atoms with E-state index in [2.05, 4.69) is 15.5 Å². The van der Waals surface area contributed by atoms with Crippen molar-refractivity contribution in [1.29, 1.82) is 0 Å². The van der Waals surface area contributed by atoms with Crippen molar-refractivity contribution in [2.24, 2.45) is 0 Å². The Labute approximate surface area is 142 Å². The number of amides is 2. The summed E-state index contributed by atoms with van der Waals surface area (Å²) >= 11 is 1.78. The van der Waals surface area contributed by atoms with E-state index in [0.29, 0.717) is 11.8 Å². The Kier molecular flexibility index (Phi) is 4.90. The van der Waals surface area contributed by atoms with Crippen LogP contribution in [0.15, 0.2) is 0 Å². The molecule has 2 aliphatic rings. The van der Waals surface area contributed by atoms with Gasteiger partial charge in [0.25, 0.3) is 0 Å². The third kappa shape index (κ3) is 4.22. The number of likely N-dealkylation sites (tertiary alicyclic amines) is 1. The highest BCUT2D eigenvalue weighted by Crippen LogP contribution is 2.38. The van der Waals surface area contributed by atoms with Crippen LogP contribution in [0.25, 0.3) is 0 Å². The summed E-state index contributed by atoms with van der Waals surface area (Å²) in [5.74, 6) is 0.979. The zero-order chi connectivity index (χ0) is 16.4. The molecule has 0 bridgehead atoms. The highest BCUT2D eigenvalue weighted by atomic mass is 32.1. The van der Waals surface area contributed by atoms with Crippen molar-refractivity contribution in [2.75, 3.05) is 13.1 Å². The van der Waals surface area contributed by atoms with Crippen LogP contribution in [-0.4, -0.2) is 39.8 Å². The normalized spacial score (nSPS) is 23.3. The summed E-state index contributed by atoms with van der Waals surface area (Å²) in [6.07, 6.45) is 7.32. The van der Waals surface area contributed by atoms with Gasteiger partial charge in [-0.05, 0) is 46.5 Å². The average molecular weight is 337 g/mol. The zero-order valence-electron chi connectivity index (χ0n) is 14.5. The molecule has 1 aliphatic heterocycles. The highest BCUT2D eigenvalue weighted by Gasteiger charge is 2.30. The van der Waals surface area contributed by atoms with Gasteiger partial charge in [-0.1, -0.05) is 12.8 Å². The van der Waals surface area contributed by atoms with Crippen LogP contribution in [0.2, 0.25) is 0 Å². The fourth-order valence-electron chi connectivity index (χ4n) is 3.51. The number of hydrogen-bond acceptors (Lipinski definition) is 4. The fraction of sp³-hybridized carbons (Fsp3) is 0.824. The van der Waals surface area contributed by atoms with Gasteiger partial charge in [-0.2, -0.15) is 0 Å². The smallest absolute Gasteiger partial charge is 0.317 e. The maximum atomic E-state index is 12.4. The molecular weight excluding hydrogens is 308 g/mol. The molecule has 1 saturated heterocycles. The zero-order valence-corrected chi connectivity index (χ0v) is 15.3. The van der Waals surface area contributed by atoms with Crippen molar-refractivity contribution in [2.45, 2.75) is 76.7 Å². The summed E-state index contributed by atoms with van der Waals surface area (Å²) in [4.78, 5) is 14.3. The van der Waals surface area contributed by atoms with Gasteiger partial charge in [0.05, 0.1) is 0 Å². The molecule has 23 heavy (non-hydrogen) atoms. The van der Waals surface area contributed by atoms with E-state index < -0.39 is 0 Å². The quantitative estimate of drug-likeness (QED) is 0.891. The number of nitrogens with one attached hydrogen (secondary N) is 1. The topological polar surface area (TPSA) is 58.1 Å². The average Bonchev–Trinajstić information content (AvgIpc) is 3.17. The fourth-order valence-corrected chi connectivity index (χ4v) is 4.65. The Balaban J connectivity index is 1.63. The number of carbonyl (C=O) groups is 1. The van der Waals surface area contributed by atoms with E-state index in [0.717, 1.165) is 30.9 Å². The lowest BCUT2D eigenvalue weighted by Gasteiger charge is -2.34. The van der Waals surface area contributed by atoms with Crippen LogP contribution in [0, 0.1) is 0 Å². The third-order valence-corrected chi connectivity index (χ3v) is 5.95. The maximum Gasteiger partial charge on any atom is 0.317 e. The molecule has 2 heterocycles. The van der Waals surface area contributed by atoms with Gasteiger partial charge < -0.3 is 10.2 Å². The summed E-state index contributed by atoms with van der Waals surface area (Å²) in [7, 11) is 0. The first-order chi connectivity index (χ1) is 10.9. The minimum absolute atomic E-state index is 0.0442. The van der Waals surface area contributed by atoms with Crippen LogP contribution >= 0.6 is 11.3 Å². The van der Waals surface area contributed by atoms with E-state index in [1.54, 1.807) is 11.3 Å². The molecule has 1 atom stereocenters. The molecule has 0 spiro atoms. The van der Waals surface area contributed by atoms with Gasteiger partial charge in [0.2, 0.25) is 0 Å². The molecule has 128 valence electrons. The van der Waals surface area contributed by atoms with E-state index in [1.165, 1.54) is 30.7 Å². The molecular formula is C17H28N4OS. The molecule has 5 nitrogen and oxygen atoms in total. The van der Waals surface area contributed by atoms with Gasteiger partial charge in [-0.15, -0.1) is 21.5 Å². The number of piperidine rings is 1. The maximum absolute atomic E-state index is 12.4. The second-order valence-corrected chi connectivity index (χ2v) is 8.97. The van der Waals surface area contributed by atoms with E-state index in [9.17, 15) is 4.79 Å². The number of urea groups is 1. The van der Waals surface area contributed by atoms with Gasteiger partial charge in [-0.3, -0.25) is 0 Å². The SMILES string of the molecule is CC(C)(C)NC(=O)N1CCCC(c2nnc(C3CCCC3)s2)C1. The van der Waals surface area contributed by atoms with Gasteiger partial charge >= 0.3 is 6.03 Å². The Morgan fingerprint density at radius 1 is 1.09 bits per heavy atom. The molecule has 0 radical (unpaired) electrons. The number of carbonyl (C=O) groups excluding carboxylic acids is 1. The summed E-state index contributed by atoms with van der Waals surface area (Å²) < 4.78 is 0. The largest absolute Gasteiger partial charge is 0.333 e. The molecule has 1 aliphatic carbocycles. The first-order valence-electron chi connectivity index (χ1n) is 8.83. The Bertz CT molecular complexity index is 545. The number of aromatic nitrogens is 2. The van der Waals surface area contributed by atoms with Gasteiger partial charge in [-0.25, -0.2) is 4.79 Å². The van der Waals surface area contributed by atoms with Gasteiger partial charge in [0.1, 0.15) is 10.0 Å². The molecule has 1 N–H and O–H groups in total. The summed E-state index contributed by atoms with van der Waals surface area (Å²) in [6.45, 7) is 7.66. The lowest BCUT2D eigenvalue weighted by molar-refractivity contribution is 0.171. The molecule has 1 aromatic heterocycles. The monoisotopic (exact) mass is 336 g/mol. The minimum Gasteiger partial charge on any atom is -0.333 e. The van der Waals surface area contributed by atoms with E-state index in [1.807, 2.05) is 25.7 Å². The minimum atomic E-state index is -0.192. The second kappa shape index (κ2) is 6.75. The van der Waals surface area contributed by atoms with Crippen molar-refractivity contribution in [1.82, 2.24) is 20.4 Å². The first-order valence-corrected chi connectivity index (χ1v) is 9.64. The van der Waals surface area contributed by atoms with Crippen LogP contribution in [0.3, 0.4) is 0 Å². The van der Waals surface area contributed by atoms with Crippen molar-refractivity contribution < 1.29 is 4.79 Å². The van der Waals surface area contributed by atoms with Crippen LogP contribution in [0.4, 0.5) is 4.79 Å². The van der Waals surface area contributed by atoms with Crippen LogP contribution in [0.1, 0.15) is 81.1 Å². The third-order valence-electron chi connectivity index (χ3n) is 4.70. The lowest BCUT2D eigenvalue weighted by Crippen LogP contribution is -2.51. The van der Waals surface area contributed by atoms with Crippen LogP contribution in [0.5, 0.6) is 0 Å². The molecule has 0 aromatic carbocycles. The number of nitrogens with zero attached hydrogens (tertiary/aromatic N) is 3. The molecule has 1 unspecified atom stereocenters. The Morgan fingerprint density at radius 3 is 2.35 bits per heavy atom. The van der Waals surface area contributed by atoms with Crippen molar-refractivity contribution in [3.05, 3.63) is 10.0 Å². The van der Waals surface area contributed by atoms with Crippen LogP contribution in [-0.2, 0) is 0 Å². The Morgan fingerprint density at radius 2 is 1.70 bits per heavy atom. The first kappa shape index (κ1) is 16.7. The lowest BCUT2D eigenvalue weighted by atomic mass is 9.99. The number of rotatable bonds is 2. The molecule has 1 saturated carbocycles. The van der Waals surface area contributed by atoms with E-state index in [4.69, 9.17) is 0 Å². The summed E-state index contributed by atoms with van der Waals surface area (Å²) in [5.41, 5.74) is -0.192. The highest BCUT2D eigenvalue weighted by molar-refractivity contribution is 7.11. The summed E-state index contributed by atoms with van der Waals surface area (Å²) in [6, 6.07) is 0.0442. The van der Waals surface area contributed by atoms with Gasteiger partial charge in [0, 0.05) is 30.5 Å². The predicted molar refractivity (Wildman–Crippen MR) is 93.0 cm³/mol. The molecule has 6 heteroatoms. The molecule has 2 fully saturated rings. The molecule has 3 rings (SSSR count). The van der Waals surface area contributed by atoms with E-state index >= 15 is 0 Å². The van der Waals surface area contributed by atoms with Crippen molar-refractivity contribution >= 4 is 17.4 Å². The molecule has 2 amide bonds.